The minimum Gasteiger partial charge on any atom is -0.354 e. The SMILES string of the molecule is Cl.O=C(NCCN1CCCS1(=O)=O)C1CCCNC1. The summed E-state index contributed by atoms with van der Waals surface area (Å²) in [6, 6.07) is 0. The topological polar surface area (TPSA) is 78.5 Å². The third-order valence-corrected chi connectivity index (χ3v) is 5.49. The Balaban J connectivity index is 0.00000180. The summed E-state index contributed by atoms with van der Waals surface area (Å²) in [5.74, 6) is 0.320. The molecule has 0 aliphatic carbocycles. The molecule has 0 saturated carbocycles. The van der Waals surface area contributed by atoms with E-state index in [-0.39, 0.29) is 30.0 Å². The van der Waals surface area contributed by atoms with Crippen molar-refractivity contribution in [2.24, 2.45) is 5.92 Å². The van der Waals surface area contributed by atoms with Gasteiger partial charge in [0.2, 0.25) is 15.9 Å². The van der Waals surface area contributed by atoms with Crippen LogP contribution in [0.1, 0.15) is 19.3 Å². The average molecular weight is 312 g/mol. The van der Waals surface area contributed by atoms with E-state index < -0.39 is 10.0 Å². The van der Waals surface area contributed by atoms with Crippen molar-refractivity contribution in [3.8, 4) is 0 Å². The molecule has 2 aliphatic rings. The Kier molecular flexibility index (Phi) is 6.52. The molecule has 2 fully saturated rings. The monoisotopic (exact) mass is 311 g/mol. The zero-order valence-corrected chi connectivity index (χ0v) is 12.6. The fourth-order valence-electron chi connectivity index (χ4n) is 2.47. The summed E-state index contributed by atoms with van der Waals surface area (Å²) >= 11 is 0. The average Bonchev–Trinajstić information content (AvgIpc) is 2.70. The maximum absolute atomic E-state index is 11.8. The van der Waals surface area contributed by atoms with Gasteiger partial charge >= 0.3 is 0 Å². The Hall–Kier alpha value is -0.370. The lowest BCUT2D eigenvalue weighted by Crippen LogP contribution is -2.43. The van der Waals surface area contributed by atoms with Gasteiger partial charge in [-0.3, -0.25) is 4.79 Å². The molecule has 0 spiro atoms. The summed E-state index contributed by atoms with van der Waals surface area (Å²) < 4.78 is 24.5. The van der Waals surface area contributed by atoms with E-state index in [2.05, 4.69) is 10.6 Å². The van der Waals surface area contributed by atoms with Gasteiger partial charge in [-0.2, -0.15) is 0 Å². The highest BCUT2D eigenvalue weighted by Crippen LogP contribution is 2.12. The van der Waals surface area contributed by atoms with Crippen LogP contribution >= 0.6 is 12.4 Å². The van der Waals surface area contributed by atoms with Gasteiger partial charge in [-0.15, -0.1) is 12.4 Å². The van der Waals surface area contributed by atoms with Crippen LogP contribution in [-0.2, 0) is 14.8 Å². The molecule has 112 valence electrons. The van der Waals surface area contributed by atoms with E-state index in [0.29, 0.717) is 26.1 Å². The molecule has 0 aromatic heterocycles. The number of piperidine rings is 1. The van der Waals surface area contributed by atoms with Crippen molar-refractivity contribution in [1.82, 2.24) is 14.9 Å². The van der Waals surface area contributed by atoms with Crippen molar-refractivity contribution in [2.45, 2.75) is 19.3 Å². The third kappa shape index (κ3) is 4.59. The molecule has 2 rings (SSSR count). The molecule has 1 amide bonds. The summed E-state index contributed by atoms with van der Waals surface area (Å²) in [6.45, 7) is 3.11. The molecule has 2 N–H and O–H groups in total. The van der Waals surface area contributed by atoms with E-state index in [1.807, 2.05) is 0 Å². The van der Waals surface area contributed by atoms with Gasteiger partial charge in [0.25, 0.3) is 0 Å². The first-order valence-corrected chi connectivity index (χ1v) is 8.17. The highest BCUT2D eigenvalue weighted by atomic mass is 35.5. The highest BCUT2D eigenvalue weighted by Gasteiger charge is 2.28. The molecule has 1 atom stereocenters. The smallest absolute Gasteiger partial charge is 0.224 e. The highest BCUT2D eigenvalue weighted by molar-refractivity contribution is 7.89. The first kappa shape index (κ1) is 16.7. The minimum absolute atomic E-state index is 0. The van der Waals surface area contributed by atoms with Gasteiger partial charge < -0.3 is 10.6 Å². The van der Waals surface area contributed by atoms with Crippen LogP contribution in [-0.4, -0.2) is 57.1 Å². The molecule has 0 aromatic rings. The lowest BCUT2D eigenvalue weighted by molar-refractivity contribution is -0.125. The molecule has 2 aliphatic heterocycles. The van der Waals surface area contributed by atoms with Crippen LogP contribution in [0.5, 0.6) is 0 Å². The van der Waals surface area contributed by atoms with Crippen molar-refractivity contribution >= 4 is 28.3 Å². The first-order valence-electron chi connectivity index (χ1n) is 6.56. The van der Waals surface area contributed by atoms with Gasteiger partial charge in [0.05, 0.1) is 11.7 Å². The fourth-order valence-corrected chi connectivity index (χ4v) is 3.99. The standard InChI is InChI=1S/C11H21N3O3S.ClH/c15-11(10-3-1-4-12-9-10)13-5-7-14-6-2-8-18(14,16)17;/h10,12H,1-9H2,(H,13,15);1H. The lowest BCUT2D eigenvalue weighted by atomic mass is 9.99. The summed E-state index contributed by atoms with van der Waals surface area (Å²) in [5.41, 5.74) is 0. The number of sulfonamides is 1. The molecule has 6 nitrogen and oxygen atoms in total. The molecular formula is C11H22ClN3O3S. The quantitative estimate of drug-likeness (QED) is 0.738. The summed E-state index contributed by atoms with van der Waals surface area (Å²) in [4.78, 5) is 11.8. The summed E-state index contributed by atoms with van der Waals surface area (Å²) in [6.07, 6.45) is 2.64. The van der Waals surface area contributed by atoms with Crippen LogP contribution in [0.3, 0.4) is 0 Å². The molecule has 0 radical (unpaired) electrons. The summed E-state index contributed by atoms with van der Waals surface area (Å²) in [5, 5.41) is 6.03. The second-order valence-electron chi connectivity index (χ2n) is 4.90. The Morgan fingerprint density at radius 2 is 2.16 bits per heavy atom. The molecule has 1 unspecified atom stereocenters. The lowest BCUT2D eigenvalue weighted by Gasteiger charge is -2.22. The third-order valence-electron chi connectivity index (χ3n) is 3.53. The van der Waals surface area contributed by atoms with Gasteiger partial charge in [-0.1, -0.05) is 0 Å². The van der Waals surface area contributed by atoms with Crippen LogP contribution in [0, 0.1) is 5.92 Å². The van der Waals surface area contributed by atoms with E-state index in [0.717, 1.165) is 25.9 Å². The predicted octanol–water partition coefficient (Wildman–Crippen LogP) is -0.440. The van der Waals surface area contributed by atoms with Crippen LogP contribution in [0.25, 0.3) is 0 Å². The van der Waals surface area contributed by atoms with Gasteiger partial charge in [0, 0.05) is 26.2 Å². The zero-order valence-electron chi connectivity index (χ0n) is 10.9. The van der Waals surface area contributed by atoms with Gasteiger partial charge in [-0.25, -0.2) is 12.7 Å². The van der Waals surface area contributed by atoms with Crippen molar-refractivity contribution in [1.29, 1.82) is 0 Å². The summed E-state index contributed by atoms with van der Waals surface area (Å²) in [7, 11) is -3.04. The Morgan fingerprint density at radius 1 is 1.37 bits per heavy atom. The van der Waals surface area contributed by atoms with Crippen LogP contribution in [0.4, 0.5) is 0 Å². The van der Waals surface area contributed by atoms with Crippen molar-refractivity contribution < 1.29 is 13.2 Å². The number of nitrogens with one attached hydrogen (secondary N) is 2. The second-order valence-corrected chi connectivity index (χ2v) is 6.99. The number of hydrogen-bond donors (Lipinski definition) is 2. The predicted molar refractivity (Wildman–Crippen MR) is 75.8 cm³/mol. The molecule has 0 aromatic carbocycles. The van der Waals surface area contributed by atoms with Crippen molar-refractivity contribution in [3.63, 3.8) is 0 Å². The zero-order chi connectivity index (χ0) is 13.0. The largest absolute Gasteiger partial charge is 0.354 e. The van der Waals surface area contributed by atoms with Crippen LogP contribution < -0.4 is 10.6 Å². The van der Waals surface area contributed by atoms with E-state index >= 15 is 0 Å². The number of carbonyl (C=O) groups is 1. The van der Waals surface area contributed by atoms with E-state index in [4.69, 9.17) is 0 Å². The molecule has 0 bridgehead atoms. The number of carbonyl (C=O) groups excluding carboxylic acids is 1. The maximum Gasteiger partial charge on any atom is 0.224 e. The van der Waals surface area contributed by atoms with Gasteiger partial charge in [0.1, 0.15) is 0 Å². The van der Waals surface area contributed by atoms with E-state index in [1.54, 1.807) is 0 Å². The molecule has 19 heavy (non-hydrogen) atoms. The number of nitrogens with zero attached hydrogens (tertiary/aromatic N) is 1. The Morgan fingerprint density at radius 3 is 2.74 bits per heavy atom. The maximum atomic E-state index is 11.8. The normalized spacial score (nSPS) is 26.6. The molecule has 2 heterocycles. The van der Waals surface area contributed by atoms with Gasteiger partial charge in [0.15, 0.2) is 0 Å². The minimum atomic E-state index is -3.04. The fraction of sp³-hybridized carbons (Fsp3) is 0.909. The second kappa shape index (κ2) is 7.42. The van der Waals surface area contributed by atoms with Crippen molar-refractivity contribution in [3.05, 3.63) is 0 Å². The Labute approximate surface area is 120 Å². The van der Waals surface area contributed by atoms with Gasteiger partial charge in [-0.05, 0) is 25.8 Å². The van der Waals surface area contributed by atoms with Crippen molar-refractivity contribution in [2.75, 3.05) is 38.5 Å². The molecular weight excluding hydrogens is 290 g/mol. The number of rotatable bonds is 4. The molecule has 2 saturated heterocycles. The number of amides is 1. The van der Waals surface area contributed by atoms with E-state index in [9.17, 15) is 13.2 Å². The first-order chi connectivity index (χ1) is 8.59. The van der Waals surface area contributed by atoms with Crippen LogP contribution in [0.15, 0.2) is 0 Å². The van der Waals surface area contributed by atoms with E-state index in [1.165, 1.54) is 4.31 Å². The number of halogens is 1. The number of hydrogen-bond acceptors (Lipinski definition) is 4. The molecule has 8 heteroatoms. The van der Waals surface area contributed by atoms with Crippen LogP contribution in [0.2, 0.25) is 0 Å². The Bertz CT molecular complexity index is 396.